The van der Waals surface area contributed by atoms with Gasteiger partial charge in [-0.2, -0.15) is 0 Å². The van der Waals surface area contributed by atoms with E-state index in [1.165, 1.54) is 5.56 Å². The number of carbonyl (C=O) groups excluding carboxylic acids is 2. The highest BCUT2D eigenvalue weighted by molar-refractivity contribution is 5.75. The van der Waals surface area contributed by atoms with E-state index in [9.17, 15) is 9.59 Å². The fourth-order valence-corrected chi connectivity index (χ4v) is 3.40. The summed E-state index contributed by atoms with van der Waals surface area (Å²) in [5.41, 5.74) is 4.19. The van der Waals surface area contributed by atoms with Crippen LogP contribution in [0.1, 0.15) is 68.7 Å². The monoisotopic (exact) mass is 396 g/mol. The average molecular weight is 397 g/mol. The fourth-order valence-electron chi connectivity index (χ4n) is 3.40. The molecule has 156 valence electrons. The van der Waals surface area contributed by atoms with Crippen molar-refractivity contribution in [2.45, 2.75) is 65.7 Å². The molecule has 0 bridgehead atoms. The molecule has 0 unspecified atom stereocenters. The first-order chi connectivity index (χ1) is 13.6. The summed E-state index contributed by atoms with van der Waals surface area (Å²) in [7, 11) is 1.68. The molecule has 0 aromatic heterocycles. The van der Waals surface area contributed by atoms with Crippen LogP contribution in [0.5, 0.6) is 11.5 Å². The molecule has 0 aliphatic rings. The van der Waals surface area contributed by atoms with E-state index in [-0.39, 0.29) is 17.2 Å². The minimum atomic E-state index is -0.255. The van der Waals surface area contributed by atoms with Crippen LogP contribution in [0.4, 0.5) is 0 Å². The molecule has 0 spiro atoms. The van der Waals surface area contributed by atoms with Gasteiger partial charge in [-0.3, -0.25) is 4.79 Å². The Balaban J connectivity index is 2.10. The predicted molar refractivity (Wildman–Crippen MR) is 116 cm³/mol. The number of Topliss-reactive ketones (excluding diaryl/α,β-unsaturated/α-hetero) is 1. The van der Waals surface area contributed by atoms with Crippen molar-refractivity contribution >= 4 is 11.8 Å². The second kappa shape index (κ2) is 9.73. The number of esters is 1. The van der Waals surface area contributed by atoms with Crippen LogP contribution in [0, 0.1) is 13.8 Å². The number of aryl methyl sites for hydroxylation is 2. The molecule has 0 fully saturated rings. The molecule has 29 heavy (non-hydrogen) atoms. The van der Waals surface area contributed by atoms with Crippen LogP contribution in [-0.4, -0.2) is 18.9 Å². The van der Waals surface area contributed by atoms with Crippen molar-refractivity contribution < 1.29 is 19.1 Å². The summed E-state index contributed by atoms with van der Waals surface area (Å²) in [4.78, 5) is 23.1. The summed E-state index contributed by atoms with van der Waals surface area (Å²) in [5.74, 6) is 1.37. The third kappa shape index (κ3) is 5.93. The number of ketones is 1. The van der Waals surface area contributed by atoms with Crippen molar-refractivity contribution in [3.8, 4) is 11.5 Å². The molecule has 4 heteroatoms. The standard InChI is InChI=1S/C25H32O4/c1-17-15-20(11-13-22(17)28-6)25(4,5)21-12-14-23(18(2)16-21)29-24(27)10-8-7-9-19(3)26/h11-16H,7-10H2,1-6H3. The van der Waals surface area contributed by atoms with Gasteiger partial charge in [0.25, 0.3) is 0 Å². The Morgan fingerprint density at radius 2 is 1.38 bits per heavy atom. The first-order valence-corrected chi connectivity index (χ1v) is 10.1. The molecule has 0 amide bonds. The van der Waals surface area contributed by atoms with Crippen LogP contribution in [0.2, 0.25) is 0 Å². The van der Waals surface area contributed by atoms with E-state index in [1.807, 2.05) is 32.0 Å². The Morgan fingerprint density at radius 3 is 1.86 bits per heavy atom. The number of ether oxygens (including phenoxy) is 2. The first-order valence-electron chi connectivity index (χ1n) is 10.1. The summed E-state index contributed by atoms with van der Waals surface area (Å²) in [5, 5.41) is 0. The van der Waals surface area contributed by atoms with E-state index in [4.69, 9.17) is 9.47 Å². The Kier molecular flexibility index (Phi) is 7.60. The maximum absolute atomic E-state index is 12.1. The number of rotatable bonds is 9. The van der Waals surface area contributed by atoms with Crippen LogP contribution < -0.4 is 9.47 Å². The molecule has 2 aromatic carbocycles. The molecule has 0 aliphatic heterocycles. The summed E-state index contributed by atoms with van der Waals surface area (Å²) >= 11 is 0. The zero-order chi connectivity index (χ0) is 21.6. The van der Waals surface area contributed by atoms with Crippen molar-refractivity contribution in [1.29, 1.82) is 0 Å². The van der Waals surface area contributed by atoms with Crippen LogP contribution >= 0.6 is 0 Å². The average Bonchev–Trinajstić information content (AvgIpc) is 2.66. The van der Waals surface area contributed by atoms with Gasteiger partial charge in [-0.25, -0.2) is 0 Å². The van der Waals surface area contributed by atoms with Crippen molar-refractivity contribution in [1.82, 2.24) is 0 Å². The van der Waals surface area contributed by atoms with Crippen LogP contribution in [0.25, 0.3) is 0 Å². The molecule has 0 heterocycles. The Hall–Kier alpha value is -2.62. The Bertz CT molecular complexity index is 880. The summed E-state index contributed by atoms with van der Waals surface area (Å²) in [6, 6.07) is 12.2. The van der Waals surface area contributed by atoms with Gasteiger partial charge in [0.05, 0.1) is 7.11 Å². The molecule has 0 saturated carbocycles. The highest BCUT2D eigenvalue weighted by atomic mass is 16.5. The van der Waals surface area contributed by atoms with Gasteiger partial charge in [0.15, 0.2) is 0 Å². The first kappa shape index (κ1) is 22.7. The van der Waals surface area contributed by atoms with Gasteiger partial charge < -0.3 is 14.3 Å². The highest BCUT2D eigenvalue weighted by Crippen LogP contribution is 2.35. The SMILES string of the molecule is COc1ccc(C(C)(C)c2ccc(OC(=O)CCCCC(C)=O)c(C)c2)cc1C. The molecule has 2 rings (SSSR count). The van der Waals surface area contributed by atoms with E-state index in [2.05, 4.69) is 32.0 Å². The second-order valence-corrected chi connectivity index (χ2v) is 8.17. The van der Waals surface area contributed by atoms with E-state index in [1.54, 1.807) is 14.0 Å². The molecular weight excluding hydrogens is 364 g/mol. The Labute approximate surface area is 174 Å². The Morgan fingerprint density at radius 1 is 0.862 bits per heavy atom. The van der Waals surface area contributed by atoms with Crippen molar-refractivity contribution in [2.24, 2.45) is 0 Å². The van der Waals surface area contributed by atoms with E-state index in [0.29, 0.717) is 25.0 Å². The largest absolute Gasteiger partial charge is 0.496 e. The lowest BCUT2D eigenvalue weighted by atomic mass is 9.77. The van der Waals surface area contributed by atoms with Crippen LogP contribution in [-0.2, 0) is 15.0 Å². The lowest BCUT2D eigenvalue weighted by Gasteiger charge is -2.27. The maximum Gasteiger partial charge on any atom is 0.311 e. The van der Waals surface area contributed by atoms with Gasteiger partial charge >= 0.3 is 5.97 Å². The van der Waals surface area contributed by atoms with Crippen molar-refractivity contribution in [3.05, 3.63) is 58.7 Å². The summed E-state index contributed by atoms with van der Waals surface area (Å²) in [6.45, 7) is 9.94. The number of methoxy groups -OCH3 is 1. The number of hydrogen-bond donors (Lipinski definition) is 0. The lowest BCUT2D eigenvalue weighted by Crippen LogP contribution is -2.19. The topological polar surface area (TPSA) is 52.6 Å². The van der Waals surface area contributed by atoms with Gasteiger partial charge in [0, 0.05) is 18.3 Å². The van der Waals surface area contributed by atoms with Gasteiger partial charge in [-0.05, 0) is 68.0 Å². The number of carbonyl (C=O) groups is 2. The molecular formula is C25H32O4. The minimum absolute atomic E-state index is 0.152. The molecule has 0 aliphatic carbocycles. The lowest BCUT2D eigenvalue weighted by molar-refractivity contribution is -0.134. The van der Waals surface area contributed by atoms with Crippen LogP contribution in [0.15, 0.2) is 36.4 Å². The minimum Gasteiger partial charge on any atom is -0.496 e. The van der Waals surface area contributed by atoms with E-state index >= 15 is 0 Å². The summed E-state index contributed by atoms with van der Waals surface area (Å²) < 4.78 is 10.9. The smallest absolute Gasteiger partial charge is 0.311 e. The second-order valence-electron chi connectivity index (χ2n) is 8.17. The van der Waals surface area contributed by atoms with E-state index < -0.39 is 0 Å². The summed E-state index contributed by atoms with van der Waals surface area (Å²) in [6.07, 6.45) is 2.23. The maximum atomic E-state index is 12.1. The van der Waals surface area contributed by atoms with Crippen molar-refractivity contribution in [2.75, 3.05) is 7.11 Å². The van der Waals surface area contributed by atoms with Crippen LogP contribution in [0.3, 0.4) is 0 Å². The van der Waals surface area contributed by atoms with Crippen molar-refractivity contribution in [3.63, 3.8) is 0 Å². The van der Waals surface area contributed by atoms with Gasteiger partial charge in [-0.15, -0.1) is 0 Å². The van der Waals surface area contributed by atoms with E-state index in [0.717, 1.165) is 28.9 Å². The third-order valence-corrected chi connectivity index (χ3v) is 5.40. The zero-order valence-corrected chi connectivity index (χ0v) is 18.4. The molecule has 2 aromatic rings. The number of hydrogen-bond acceptors (Lipinski definition) is 4. The quantitative estimate of drug-likeness (QED) is 0.310. The van der Waals surface area contributed by atoms with Gasteiger partial charge in [0.2, 0.25) is 0 Å². The predicted octanol–water partition coefficient (Wildman–Crippen LogP) is 5.69. The van der Waals surface area contributed by atoms with Gasteiger partial charge in [0.1, 0.15) is 17.3 Å². The number of benzene rings is 2. The number of unbranched alkanes of at least 4 members (excludes halogenated alkanes) is 1. The molecule has 4 nitrogen and oxygen atoms in total. The van der Waals surface area contributed by atoms with Gasteiger partial charge in [-0.1, -0.05) is 38.1 Å². The fraction of sp³-hybridized carbons (Fsp3) is 0.440. The highest BCUT2D eigenvalue weighted by Gasteiger charge is 2.24. The molecule has 0 saturated heterocycles. The molecule has 0 N–H and O–H groups in total. The normalized spacial score (nSPS) is 11.2. The third-order valence-electron chi connectivity index (χ3n) is 5.40. The zero-order valence-electron chi connectivity index (χ0n) is 18.4. The molecule has 0 atom stereocenters. The molecule has 0 radical (unpaired) electrons.